The van der Waals surface area contributed by atoms with Crippen molar-refractivity contribution in [2.45, 2.75) is 79.6 Å². The van der Waals surface area contributed by atoms with Crippen LogP contribution < -0.4 is 0 Å². The van der Waals surface area contributed by atoms with Gasteiger partial charge in [0.25, 0.3) is 18.1 Å². The Kier molecular flexibility index (Phi) is 12.2. The van der Waals surface area contributed by atoms with E-state index in [1.165, 1.54) is 0 Å². The van der Waals surface area contributed by atoms with Crippen molar-refractivity contribution in [3.8, 4) is 0 Å². The van der Waals surface area contributed by atoms with Crippen LogP contribution in [0.3, 0.4) is 0 Å². The van der Waals surface area contributed by atoms with Gasteiger partial charge >= 0.3 is 8.25 Å². The molecular formula is C16H38O3PSi2+. The van der Waals surface area contributed by atoms with Gasteiger partial charge < -0.3 is 0 Å². The fourth-order valence-electron chi connectivity index (χ4n) is 2.74. The van der Waals surface area contributed by atoms with Crippen molar-refractivity contribution in [2.75, 3.05) is 0 Å². The summed E-state index contributed by atoms with van der Waals surface area (Å²) in [5.41, 5.74) is 0. The van der Waals surface area contributed by atoms with Crippen molar-refractivity contribution in [3.63, 3.8) is 0 Å². The minimum Gasteiger partial charge on any atom is -0.180 e. The van der Waals surface area contributed by atoms with E-state index in [0.717, 1.165) is 24.2 Å². The van der Waals surface area contributed by atoms with Crippen molar-refractivity contribution < 1.29 is 13.0 Å². The van der Waals surface area contributed by atoms with Gasteiger partial charge in [-0.05, 0) is 47.8 Å². The molecule has 0 amide bonds. The third kappa shape index (κ3) is 12.9. The second-order valence-electron chi connectivity index (χ2n) is 8.20. The Labute approximate surface area is 143 Å². The quantitative estimate of drug-likeness (QED) is 0.326. The van der Waals surface area contributed by atoms with Gasteiger partial charge in [-0.25, -0.2) is 0 Å². The van der Waals surface area contributed by atoms with Gasteiger partial charge in [-0.3, -0.25) is 0 Å². The van der Waals surface area contributed by atoms with Gasteiger partial charge in [-0.15, -0.1) is 0 Å². The van der Waals surface area contributed by atoms with E-state index in [1.54, 1.807) is 0 Å². The van der Waals surface area contributed by atoms with Gasteiger partial charge in [0.05, 0.1) is 0 Å². The average Bonchev–Trinajstić information content (AvgIpc) is 2.23. The summed E-state index contributed by atoms with van der Waals surface area (Å²) < 4.78 is 24.2. The molecule has 0 unspecified atom stereocenters. The molecule has 0 aliphatic heterocycles. The van der Waals surface area contributed by atoms with Gasteiger partial charge in [0, 0.05) is 4.57 Å². The standard InChI is InChI=1S/C16H38O3PSi2/c1-13(2)9-21(10-14(3)4)18-20(17)19-22(11-15(5)6)12-16(7)8/h13-16,21-22H,9-12H2,1-8H3/q+1. The molecule has 0 aliphatic rings. The molecule has 0 aromatic carbocycles. The first-order chi connectivity index (χ1) is 10.1. The third-order valence-electron chi connectivity index (χ3n) is 3.41. The molecule has 0 atom stereocenters. The molecule has 0 fully saturated rings. The van der Waals surface area contributed by atoms with Crippen LogP contribution in [0.15, 0.2) is 0 Å². The predicted octanol–water partition coefficient (Wildman–Crippen LogP) is 5.75. The summed E-state index contributed by atoms with van der Waals surface area (Å²) >= 11 is 0. The van der Waals surface area contributed by atoms with E-state index in [1.807, 2.05) is 0 Å². The van der Waals surface area contributed by atoms with E-state index < -0.39 is 26.3 Å². The highest BCUT2D eigenvalue weighted by molar-refractivity contribution is 7.37. The molecule has 22 heavy (non-hydrogen) atoms. The summed E-state index contributed by atoms with van der Waals surface area (Å²) in [7, 11) is -4.76. The summed E-state index contributed by atoms with van der Waals surface area (Å²) in [5, 5.41) is 0. The Hall–Kier alpha value is 0.454. The van der Waals surface area contributed by atoms with Gasteiger partial charge in [0.2, 0.25) is 0 Å². The van der Waals surface area contributed by atoms with Crippen molar-refractivity contribution in [1.82, 2.24) is 0 Å². The fourth-order valence-corrected chi connectivity index (χ4v) is 11.3. The van der Waals surface area contributed by atoms with Gasteiger partial charge in [0.1, 0.15) is 0 Å². The minimum atomic E-state index is -1.91. The maximum atomic E-state index is 12.4. The monoisotopic (exact) mass is 365 g/mol. The van der Waals surface area contributed by atoms with Crippen LogP contribution in [0.5, 0.6) is 0 Å². The summed E-state index contributed by atoms with van der Waals surface area (Å²) in [6.07, 6.45) is 0. The van der Waals surface area contributed by atoms with Gasteiger partial charge in [-0.2, -0.15) is 8.43 Å². The minimum absolute atomic E-state index is 0.609. The number of hydrogen-bond acceptors (Lipinski definition) is 3. The van der Waals surface area contributed by atoms with E-state index in [2.05, 4.69) is 55.4 Å². The summed E-state index contributed by atoms with van der Waals surface area (Å²) in [6, 6.07) is 4.35. The lowest BCUT2D eigenvalue weighted by Crippen LogP contribution is -2.23. The zero-order valence-corrected chi connectivity index (χ0v) is 19.2. The van der Waals surface area contributed by atoms with E-state index >= 15 is 0 Å². The lowest BCUT2D eigenvalue weighted by Gasteiger charge is -2.16. The van der Waals surface area contributed by atoms with E-state index in [-0.39, 0.29) is 0 Å². The largest absolute Gasteiger partial charge is 0.672 e. The van der Waals surface area contributed by atoms with Crippen LogP contribution in [-0.4, -0.2) is 18.1 Å². The van der Waals surface area contributed by atoms with Crippen LogP contribution in [0.2, 0.25) is 24.2 Å². The molecule has 0 radical (unpaired) electrons. The molecule has 0 spiro atoms. The van der Waals surface area contributed by atoms with Gasteiger partial charge in [0.15, 0.2) is 0 Å². The maximum Gasteiger partial charge on any atom is 0.672 e. The van der Waals surface area contributed by atoms with Crippen LogP contribution >= 0.6 is 8.25 Å². The molecule has 0 aromatic rings. The third-order valence-corrected chi connectivity index (χ3v) is 13.0. The van der Waals surface area contributed by atoms with Crippen molar-refractivity contribution >= 4 is 26.3 Å². The maximum absolute atomic E-state index is 12.4. The normalized spacial score (nSPS) is 12.6. The van der Waals surface area contributed by atoms with Crippen molar-refractivity contribution in [2.24, 2.45) is 23.7 Å². The summed E-state index contributed by atoms with van der Waals surface area (Å²) in [6.45, 7) is 17.7. The zero-order chi connectivity index (χ0) is 17.3. The van der Waals surface area contributed by atoms with Crippen molar-refractivity contribution in [1.29, 1.82) is 0 Å². The molecule has 0 rings (SSSR count). The molecule has 3 nitrogen and oxygen atoms in total. The number of hydrogen-bond donors (Lipinski definition) is 0. The van der Waals surface area contributed by atoms with Crippen LogP contribution in [-0.2, 0) is 13.0 Å². The Morgan fingerprint density at radius 2 is 0.864 bits per heavy atom. The van der Waals surface area contributed by atoms with E-state index in [4.69, 9.17) is 8.43 Å². The first-order valence-corrected chi connectivity index (χ1v) is 14.2. The molecule has 0 aliphatic carbocycles. The molecule has 0 bridgehead atoms. The highest BCUT2D eigenvalue weighted by atomic mass is 31.1. The first kappa shape index (κ1) is 22.5. The summed E-state index contributed by atoms with van der Waals surface area (Å²) in [5.74, 6) is 2.44. The fraction of sp³-hybridized carbons (Fsp3) is 1.00. The van der Waals surface area contributed by atoms with Crippen LogP contribution in [0.25, 0.3) is 0 Å². The molecule has 0 saturated heterocycles. The number of rotatable bonds is 12. The van der Waals surface area contributed by atoms with E-state index in [9.17, 15) is 4.57 Å². The highest BCUT2D eigenvalue weighted by Crippen LogP contribution is 2.33. The SMILES string of the molecule is CC(C)C[SiH](CC(C)C)O[P+](=O)O[SiH](CC(C)C)CC(C)C. The molecule has 0 aromatic heterocycles. The first-order valence-electron chi connectivity index (χ1n) is 8.90. The van der Waals surface area contributed by atoms with Crippen LogP contribution in [0.1, 0.15) is 55.4 Å². The Morgan fingerprint density at radius 3 is 1.05 bits per heavy atom. The Bertz CT molecular complexity index is 262. The van der Waals surface area contributed by atoms with Crippen molar-refractivity contribution in [3.05, 3.63) is 0 Å². The summed E-state index contributed by atoms with van der Waals surface area (Å²) in [4.78, 5) is 0. The molecule has 0 saturated carbocycles. The van der Waals surface area contributed by atoms with Crippen LogP contribution in [0.4, 0.5) is 0 Å². The molecule has 132 valence electrons. The predicted molar refractivity (Wildman–Crippen MR) is 103 cm³/mol. The lowest BCUT2D eigenvalue weighted by molar-refractivity contribution is 0.407. The van der Waals surface area contributed by atoms with Gasteiger partial charge in [-0.1, -0.05) is 55.4 Å². The molecule has 6 heteroatoms. The molecular weight excluding hydrogens is 327 g/mol. The Balaban J connectivity index is 4.54. The van der Waals surface area contributed by atoms with Crippen LogP contribution in [0, 0.1) is 23.7 Å². The second-order valence-corrected chi connectivity index (χ2v) is 14.7. The topological polar surface area (TPSA) is 35.5 Å². The lowest BCUT2D eigenvalue weighted by atomic mass is 10.3. The second kappa shape index (κ2) is 11.9. The highest BCUT2D eigenvalue weighted by Gasteiger charge is 2.34. The molecule has 0 heterocycles. The Morgan fingerprint density at radius 1 is 0.636 bits per heavy atom. The zero-order valence-electron chi connectivity index (χ0n) is 16.0. The van der Waals surface area contributed by atoms with E-state index in [0.29, 0.717) is 23.7 Å². The molecule has 0 N–H and O–H groups in total. The smallest absolute Gasteiger partial charge is 0.180 e. The average molecular weight is 366 g/mol.